The SMILES string of the molecule is O=C(NCCSSCCNc1c(F)c(F)c(-c2c3nc(c(-c4cccc(O)c4)c4ccc([nH]4)c(-c4cccc(O)c4)c4nc(c(-c5cccc(O)c5)c5ccc2[nH]5)C=C4)C=C3)c(F)c1F)OCC1[C@H]2CC/C=C\CC[C@@H]12. The smallest absolute Gasteiger partial charge is 0.407 e. The number of alkyl carbamates (subject to hydrolysis) is 1. The normalized spacial score (nSPS) is 16.9. The van der Waals surface area contributed by atoms with Crippen LogP contribution in [0.2, 0.25) is 0 Å². The molecule has 0 saturated heterocycles. The van der Waals surface area contributed by atoms with Gasteiger partial charge in [0.15, 0.2) is 23.3 Å². The van der Waals surface area contributed by atoms with Gasteiger partial charge in [-0.25, -0.2) is 32.3 Å². The Balaban J connectivity index is 0.946. The summed E-state index contributed by atoms with van der Waals surface area (Å²) in [5, 5.41) is 37.4. The summed E-state index contributed by atoms with van der Waals surface area (Å²) in [6.07, 6.45) is 15.1. The van der Waals surface area contributed by atoms with Crippen molar-refractivity contribution in [2.45, 2.75) is 25.7 Å². The predicted octanol–water partition coefficient (Wildman–Crippen LogP) is 14.5. The van der Waals surface area contributed by atoms with E-state index >= 15 is 17.6 Å². The number of anilines is 1. The van der Waals surface area contributed by atoms with Crippen molar-refractivity contribution >= 4 is 79.7 Å². The number of carbonyl (C=O) groups is 1. The highest BCUT2D eigenvalue weighted by molar-refractivity contribution is 8.76. The van der Waals surface area contributed by atoms with Crippen molar-refractivity contribution in [3.05, 3.63) is 155 Å². The number of aromatic hydroxyl groups is 3. The van der Waals surface area contributed by atoms with Crippen LogP contribution < -0.4 is 10.6 Å². The van der Waals surface area contributed by atoms with Crippen molar-refractivity contribution in [2.24, 2.45) is 17.8 Å². The fraction of sp³-hybridized carbons (Fsp3) is 0.203. The zero-order valence-electron chi connectivity index (χ0n) is 40.7. The van der Waals surface area contributed by atoms with Gasteiger partial charge in [-0.3, -0.25) is 0 Å². The lowest BCUT2D eigenvalue weighted by molar-refractivity contribution is 0.138. The molecule has 386 valence electrons. The lowest BCUT2D eigenvalue weighted by Gasteiger charge is -2.14. The molecule has 1 unspecified atom stereocenters. The molecule has 1 fully saturated rings. The number of phenols is 3. The molecule has 4 aromatic carbocycles. The fourth-order valence-electron chi connectivity index (χ4n) is 10.6. The number of H-pyrrole nitrogens is 2. The molecule has 7 N–H and O–H groups in total. The van der Waals surface area contributed by atoms with Gasteiger partial charge >= 0.3 is 6.09 Å². The Morgan fingerprint density at radius 1 is 0.566 bits per heavy atom. The van der Waals surface area contributed by atoms with Gasteiger partial charge in [-0.05, 0) is 145 Å². The van der Waals surface area contributed by atoms with Gasteiger partial charge in [-0.15, -0.1) is 0 Å². The van der Waals surface area contributed by atoms with E-state index in [1.165, 1.54) is 58.0 Å². The van der Waals surface area contributed by atoms with E-state index in [4.69, 9.17) is 14.7 Å². The first kappa shape index (κ1) is 50.3. The lowest BCUT2D eigenvalue weighted by atomic mass is 10.0. The van der Waals surface area contributed by atoms with E-state index < -0.39 is 40.6 Å². The van der Waals surface area contributed by atoms with Crippen molar-refractivity contribution in [2.75, 3.05) is 36.5 Å². The highest BCUT2D eigenvalue weighted by Crippen LogP contribution is 2.53. The number of allylic oxidation sites excluding steroid dienone is 2. The topological polar surface area (TPSA) is 168 Å². The molecule has 0 spiro atoms. The Morgan fingerprint density at radius 3 is 1.43 bits per heavy atom. The van der Waals surface area contributed by atoms with Crippen LogP contribution >= 0.6 is 21.6 Å². The monoisotopic (exact) mass is 1060 g/mol. The van der Waals surface area contributed by atoms with Gasteiger partial charge in [0.25, 0.3) is 0 Å². The Bertz CT molecular complexity index is 3600. The number of halogens is 4. The molecular weight excluding hydrogens is 1010 g/mol. The van der Waals surface area contributed by atoms with Crippen LogP contribution in [-0.2, 0) is 4.74 Å². The third-order valence-corrected chi connectivity index (χ3v) is 16.5. The molecule has 8 bridgehead atoms. The number of nitrogens with zero attached hydrogens (tertiary/aromatic N) is 2. The Kier molecular flexibility index (Phi) is 14.4. The van der Waals surface area contributed by atoms with Crippen LogP contribution in [0, 0.1) is 41.0 Å². The molecule has 11 rings (SSSR count). The van der Waals surface area contributed by atoms with E-state index in [0.717, 1.165) is 25.7 Å². The Morgan fingerprint density at radius 2 is 0.987 bits per heavy atom. The number of aromatic nitrogens is 4. The molecule has 4 aliphatic rings. The summed E-state index contributed by atoms with van der Waals surface area (Å²) in [5.41, 5.74) is 3.65. The number of carbonyl (C=O) groups excluding carboxylic acids is 1. The van der Waals surface area contributed by atoms with Crippen LogP contribution in [0.4, 0.5) is 28.0 Å². The third kappa shape index (κ3) is 10.3. The first-order valence-corrected chi connectivity index (χ1v) is 27.4. The first-order chi connectivity index (χ1) is 37.0. The minimum absolute atomic E-state index is 0.0306. The predicted molar refractivity (Wildman–Crippen MR) is 296 cm³/mol. The van der Waals surface area contributed by atoms with Crippen molar-refractivity contribution in [3.63, 3.8) is 0 Å². The van der Waals surface area contributed by atoms with Crippen LogP contribution in [0.1, 0.15) is 48.5 Å². The summed E-state index contributed by atoms with van der Waals surface area (Å²) < 4.78 is 72.2. The molecule has 7 aromatic rings. The number of nitrogens with one attached hydrogen (secondary N) is 4. The highest BCUT2D eigenvalue weighted by atomic mass is 33.1. The highest BCUT2D eigenvalue weighted by Gasteiger charge is 2.49. The van der Waals surface area contributed by atoms with E-state index in [-0.39, 0.29) is 46.3 Å². The van der Waals surface area contributed by atoms with Crippen molar-refractivity contribution in [1.29, 1.82) is 0 Å². The number of hydrogen-bond acceptors (Lipinski definition) is 10. The number of benzene rings is 4. The largest absolute Gasteiger partial charge is 0.508 e. The summed E-state index contributed by atoms with van der Waals surface area (Å²) in [6.45, 7) is 0.712. The maximum atomic E-state index is 16.9. The zero-order chi connectivity index (χ0) is 52.5. The number of fused-ring (bicyclic) bond motifs is 9. The zero-order valence-corrected chi connectivity index (χ0v) is 42.3. The van der Waals surface area contributed by atoms with Gasteiger partial charge in [-0.2, -0.15) is 0 Å². The average molecular weight is 1060 g/mol. The molecule has 1 saturated carbocycles. The van der Waals surface area contributed by atoms with Crippen molar-refractivity contribution in [1.82, 2.24) is 25.3 Å². The molecule has 3 atom stereocenters. The van der Waals surface area contributed by atoms with Gasteiger partial charge in [0.05, 0.1) is 34.9 Å². The number of rotatable bonds is 14. The van der Waals surface area contributed by atoms with Crippen LogP contribution in [0.5, 0.6) is 17.2 Å². The second-order valence-electron chi connectivity index (χ2n) is 18.9. The number of hydrogen-bond donors (Lipinski definition) is 7. The minimum atomic E-state index is -1.66. The number of amides is 1. The summed E-state index contributed by atoms with van der Waals surface area (Å²) >= 11 is 0. The summed E-state index contributed by atoms with van der Waals surface area (Å²) in [7, 11) is 2.78. The molecule has 3 aromatic heterocycles. The molecule has 76 heavy (non-hydrogen) atoms. The molecule has 17 heteroatoms. The standard InChI is InChI=1S/C59H50F4N6O5S2/c60-54-53(55(61)57(63)58(56(54)62)64-24-26-75-76-27-25-65-59(73)74-31-40-38-14-3-1-2-4-15-39(38)40)52-47-22-20-45(68-47)50(33-9-6-12-36(71)29-33)43-18-16-41(66-43)49(32-8-5-11-35(70)28-32)42-17-19-44(67-42)51(46-21-23-48(52)69-46)34-10-7-13-37(72)30-34/h1-2,5-13,16-23,28-30,38-40,64,66,69-72H,3-4,14-15,24-27,31H2,(H,65,73)/b2-1-,49-41?,49-42?,50-43?,50-45?,51-44?,51-46?,52-47?,52-48?/t38-,39+,40?. The third-order valence-electron chi connectivity index (χ3n) is 14.1. The van der Waals surface area contributed by atoms with Crippen LogP contribution in [0.3, 0.4) is 0 Å². The van der Waals surface area contributed by atoms with E-state index in [1.807, 2.05) is 24.3 Å². The van der Waals surface area contributed by atoms with Crippen molar-refractivity contribution < 1.29 is 42.4 Å². The van der Waals surface area contributed by atoms with Crippen LogP contribution in [-0.4, -0.2) is 72.6 Å². The maximum absolute atomic E-state index is 16.9. The molecule has 0 radical (unpaired) electrons. The molecule has 1 amide bonds. The average Bonchev–Trinajstić information content (AvgIpc) is 4.13. The Labute approximate surface area is 442 Å². The van der Waals surface area contributed by atoms with Gasteiger partial charge in [0.2, 0.25) is 0 Å². The fourth-order valence-corrected chi connectivity index (χ4v) is 12.4. The number of phenolic OH excluding ortho intramolecular Hbond substituents is 3. The molecule has 11 nitrogen and oxygen atoms in total. The van der Waals surface area contributed by atoms with E-state index in [9.17, 15) is 20.1 Å². The Hall–Kier alpha value is -7.89. The molecule has 2 aliphatic carbocycles. The quantitative estimate of drug-likeness (QED) is 0.0183. The maximum Gasteiger partial charge on any atom is 0.407 e. The van der Waals surface area contributed by atoms with Crippen molar-refractivity contribution in [3.8, 4) is 61.8 Å². The van der Waals surface area contributed by atoms with E-state index in [2.05, 4.69) is 32.8 Å². The number of aromatic amines is 2. The molecule has 2 aliphatic heterocycles. The lowest BCUT2D eigenvalue weighted by Crippen LogP contribution is -2.27. The summed E-state index contributed by atoms with van der Waals surface area (Å²) in [4.78, 5) is 29.2. The summed E-state index contributed by atoms with van der Waals surface area (Å²) in [5.74, 6) is -4.15. The summed E-state index contributed by atoms with van der Waals surface area (Å²) in [6, 6.07) is 26.5. The van der Waals surface area contributed by atoms with E-state index in [1.54, 1.807) is 60.7 Å². The van der Waals surface area contributed by atoms with Gasteiger partial charge in [-0.1, -0.05) is 70.1 Å². The van der Waals surface area contributed by atoms with Crippen LogP contribution in [0.25, 0.3) is 90.9 Å². The minimum Gasteiger partial charge on any atom is -0.508 e. The molecule has 5 heterocycles. The second-order valence-corrected chi connectivity index (χ2v) is 21.6. The number of ether oxygens (including phenoxy) is 1. The molecular formula is C59H50F4N6O5S2. The first-order valence-electron chi connectivity index (χ1n) is 25.0. The van der Waals surface area contributed by atoms with Crippen LogP contribution in [0.15, 0.2) is 109 Å². The van der Waals surface area contributed by atoms with E-state index in [0.29, 0.717) is 104 Å². The van der Waals surface area contributed by atoms with Gasteiger partial charge in [0, 0.05) is 68.9 Å². The van der Waals surface area contributed by atoms with Gasteiger partial charge < -0.3 is 40.7 Å². The second kappa shape index (κ2) is 21.8. The van der Waals surface area contributed by atoms with Gasteiger partial charge in [0.1, 0.15) is 22.9 Å².